The molecule has 0 bridgehead atoms. The van der Waals surface area contributed by atoms with Gasteiger partial charge in [0.15, 0.2) is 6.10 Å². The predicted octanol–water partition coefficient (Wildman–Crippen LogP) is 4.61. The van der Waals surface area contributed by atoms with Gasteiger partial charge in [0.1, 0.15) is 0 Å². The molecule has 0 spiro atoms. The fourth-order valence-corrected chi connectivity index (χ4v) is 8.49. The summed E-state index contributed by atoms with van der Waals surface area (Å²) in [6.45, 7) is 8.80. The number of para-hydroxylation sites is 1. The molecule has 12 nitrogen and oxygen atoms in total. The summed E-state index contributed by atoms with van der Waals surface area (Å²) in [6.07, 6.45) is 4.80. The molecule has 4 amide bonds. The molecule has 2 aromatic carbocycles. The summed E-state index contributed by atoms with van der Waals surface area (Å²) in [5.41, 5.74) is 11.7. The number of benzene rings is 2. The summed E-state index contributed by atoms with van der Waals surface area (Å²) in [4.78, 5) is 60.3. The summed E-state index contributed by atoms with van der Waals surface area (Å²) in [6, 6.07) is 11.8. The fraction of sp³-hybridized carbons (Fsp3) is 0.590. The number of carbonyl (C=O) groups is 4. The van der Waals surface area contributed by atoms with Crippen molar-refractivity contribution in [3.05, 3.63) is 58.7 Å². The van der Waals surface area contributed by atoms with E-state index >= 15 is 0 Å². The van der Waals surface area contributed by atoms with Gasteiger partial charge in [-0.3, -0.25) is 14.5 Å². The number of anilines is 2. The van der Waals surface area contributed by atoms with Crippen LogP contribution in [0.5, 0.6) is 0 Å². The van der Waals surface area contributed by atoms with Gasteiger partial charge in [0.05, 0.1) is 13.7 Å². The van der Waals surface area contributed by atoms with Gasteiger partial charge in [-0.25, -0.2) is 9.59 Å². The summed E-state index contributed by atoms with van der Waals surface area (Å²) in [5, 5.41) is 3.05. The maximum Gasteiger partial charge on any atom is 0.410 e. The maximum absolute atomic E-state index is 14.1. The van der Waals surface area contributed by atoms with E-state index in [4.69, 9.17) is 15.2 Å². The SMILES string of the molecule is COC(=O)CN1CCC(C2CCN(C(=O)[C@@H](Cc3cc(C)c(N)c(C)c3)OC(=O)N3CCC(N4CCc5ccccc5NC4=O)CC3)CC2)CC1. The van der Waals surface area contributed by atoms with Gasteiger partial charge in [0.25, 0.3) is 5.91 Å². The van der Waals surface area contributed by atoms with E-state index in [2.05, 4.69) is 10.2 Å². The number of rotatable bonds is 8. The number of nitrogens with two attached hydrogens (primary N) is 1. The van der Waals surface area contributed by atoms with Crippen molar-refractivity contribution in [2.24, 2.45) is 11.8 Å². The van der Waals surface area contributed by atoms with E-state index in [9.17, 15) is 19.2 Å². The van der Waals surface area contributed by atoms with E-state index in [1.807, 2.05) is 60.0 Å². The molecule has 6 rings (SSSR count). The van der Waals surface area contributed by atoms with Crippen LogP contribution in [0.15, 0.2) is 36.4 Å². The number of fused-ring (bicyclic) bond motifs is 1. The molecule has 51 heavy (non-hydrogen) atoms. The third-order valence-corrected chi connectivity index (χ3v) is 11.6. The third-order valence-electron chi connectivity index (χ3n) is 11.6. The van der Waals surface area contributed by atoms with Crippen molar-refractivity contribution in [2.75, 3.05) is 70.5 Å². The Labute approximate surface area is 301 Å². The monoisotopic (exact) mass is 702 g/mol. The van der Waals surface area contributed by atoms with Gasteiger partial charge in [0.2, 0.25) is 0 Å². The van der Waals surface area contributed by atoms with E-state index in [-0.39, 0.29) is 30.4 Å². The van der Waals surface area contributed by atoms with Crippen LogP contribution in [0, 0.1) is 25.7 Å². The minimum absolute atomic E-state index is 0.0166. The van der Waals surface area contributed by atoms with Crippen LogP contribution in [-0.2, 0) is 31.9 Å². The van der Waals surface area contributed by atoms with Gasteiger partial charge >= 0.3 is 18.1 Å². The second kappa shape index (κ2) is 16.4. The summed E-state index contributed by atoms with van der Waals surface area (Å²) in [5.74, 6) is 0.749. The number of urea groups is 1. The van der Waals surface area contributed by atoms with E-state index < -0.39 is 12.2 Å². The van der Waals surface area contributed by atoms with Crippen LogP contribution in [0.1, 0.15) is 60.8 Å². The first-order chi connectivity index (χ1) is 24.6. The highest BCUT2D eigenvalue weighted by Crippen LogP contribution is 2.33. The van der Waals surface area contributed by atoms with Crippen molar-refractivity contribution in [1.29, 1.82) is 0 Å². The Balaban J connectivity index is 1.06. The molecule has 3 fully saturated rings. The molecule has 4 heterocycles. The largest absolute Gasteiger partial charge is 0.468 e. The number of piperidine rings is 3. The lowest BCUT2D eigenvalue weighted by Gasteiger charge is -2.41. The van der Waals surface area contributed by atoms with Crippen LogP contribution < -0.4 is 11.1 Å². The molecular formula is C39H54N6O6. The Kier molecular flexibility index (Phi) is 11.7. The molecule has 2 aromatic rings. The van der Waals surface area contributed by atoms with E-state index in [0.29, 0.717) is 63.9 Å². The van der Waals surface area contributed by atoms with Crippen molar-refractivity contribution in [3.63, 3.8) is 0 Å². The third kappa shape index (κ3) is 8.77. The number of ether oxygens (including phenoxy) is 2. The first kappa shape index (κ1) is 36.5. The van der Waals surface area contributed by atoms with Crippen LogP contribution in [0.3, 0.4) is 0 Å². The molecule has 4 aliphatic heterocycles. The molecule has 0 unspecified atom stereocenters. The van der Waals surface area contributed by atoms with Crippen LogP contribution in [0.25, 0.3) is 0 Å². The number of hydrogen-bond acceptors (Lipinski definition) is 8. The summed E-state index contributed by atoms with van der Waals surface area (Å²) >= 11 is 0. The quantitative estimate of drug-likeness (QED) is 0.301. The number of esters is 1. The molecule has 4 aliphatic rings. The fourth-order valence-electron chi connectivity index (χ4n) is 8.49. The Morgan fingerprint density at radius 1 is 0.863 bits per heavy atom. The number of nitrogens with zero attached hydrogens (tertiary/aromatic N) is 4. The number of hydrogen-bond donors (Lipinski definition) is 2. The van der Waals surface area contributed by atoms with Crippen LogP contribution >= 0.6 is 0 Å². The lowest BCUT2D eigenvalue weighted by Crippen LogP contribution is -2.52. The average molecular weight is 703 g/mol. The Morgan fingerprint density at radius 2 is 1.47 bits per heavy atom. The molecule has 276 valence electrons. The Hall–Kier alpha value is -4.32. The van der Waals surface area contributed by atoms with Gasteiger partial charge in [-0.1, -0.05) is 30.3 Å². The predicted molar refractivity (Wildman–Crippen MR) is 195 cm³/mol. The molecule has 0 radical (unpaired) electrons. The van der Waals surface area contributed by atoms with Crippen molar-refractivity contribution in [1.82, 2.24) is 19.6 Å². The van der Waals surface area contributed by atoms with E-state index in [1.54, 1.807) is 4.90 Å². The molecule has 1 atom stereocenters. The minimum Gasteiger partial charge on any atom is -0.468 e. The highest BCUT2D eigenvalue weighted by molar-refractivity contribution is 5.91. The number of likely N-dealkylation sites (tertiary alicyclic amines) is 3. The standard InChI is InChI=1S/C39H54N6O6/c1-26-22-28(23-27(2)36(26)40)24-34(37(47)43-17-10-30(11-18-43)29-8-15-42(16-9-29)25-35(46)50-3)51-39(49)44-19-13-32(14-20-44)45-21-12-31-6-4-5-7-33(31)41-38(45)48/h4-7,22-23,29-30,32,34H,8-21,24-25,40H2,1-3H3,(H,41,48)/t34-/m1/s1. The second-order valence-corrected chi connectivity index (χ2v) is 14.8. The molecule has 3 saturated heterocycles. The number of aryl methyl sites for hydroxylation is 2. The first-order valence-corrected chi connectivity index (χ1v) is 18.6. The van der Waals surface area contributed by atoms with Gasteiger partial charge < -0.3 is 35.2 Å². The number of methoxy groups -OCH3 is 1. The van der Waals surface area contributed by atoms with Crippen LogP contribution in [0.4, 0.5) is 21.0 Å². The van der Waals surface area contributed by atoms with E-state index in [0.717, 1.165) is 78.8 Å². The van der Waals surface area contributed by atoms with E-state index in [1.165, 1.54) is 7.11 Å². The molecule has 0 saturated carbocycles. The zero-order valence-corrected chi connectivity index (χ0v) is 30.4. The number of nitrogens with one attached hydrogen (secondary N) is 1. The Bertz CT molecular complexity index is 1550. The highest BCUT2D eigenvalue weighted by atomic mass is 16.6. The lowest BCUT2D eigenvalue weighted by molar-refractivity contribution is -0.142. The number of amides is 4. The number of nitrogen functional groups attached to an aromatic ring is 1. The summed E-state index contributed by atoms with van der Waals surface area (Å²) < 4.78 is 10.9. The molecular weight excluding hydrogens is 648 g/mol. The topological polar surface area (TPSA) is 138 Å². The number of carbonyl (C=O) groups excluding carboxylic acids is 4. The van der Waals surface area contributed by atoms with Crippen molar-refractivity contribution >= 4 is 35.4 Å². The van der Waals surface area contributed by atoms with Crippen LogP contribution in [0.2, 0.25) is 0 Å². The normalized spacial score (nSPS) is 20.3. The average Bonchev–Trinajstić information content (AvgIpc) is 3.31. The highest BCUT2D eigenvalue weighted by Gasteiger charge is 2.37. The van der Waals surface area contributed by atoms with Gasteiger partial charge in [-0.15, -0.1) is 0 Å². The smallest absolute Gasteiger partial charge is 0.410 e. The Morgan fingerprint density at radius 3 is 2.12 bits per heavy atom. The van der Waals surface area contributed by atoms with Gasteiger partial charge in [-0.05, 0) is 112 Å². The van der Waals surface area contributed by atoms with Crippen molar-refractivity contribution < 1.29 is 28.7 Å². The first-order valence-electron chi connectivity index (χ1n) is 18.6. The lowest BCUT2D eigenvalue weighted by atomic mass is 9.78. The molecule has 3 N–H and O–H groups in total. The molecule has 0 aromatic heterocycles. The van der Waals surface area contributed by atoms with Crippen molar-refractivity contribution in [2.45, 2.75) is 77.4 Å². The summed E-state index contributed by atoms with van der Waals surface area (Å²) in [7, 11) is 1.43. The van der Waals surface area contributed by atoms with Gasteiger partial charge in [-0.2, -0.15) is 0 Å². The zero-order chi connectivity index (χ0) is 36.1. The van der Waals surface area contributed by atoms with Gasteiger partial charge in [0, 0.05) is 56.6 Å². The maximum atomic E-state index is 14.1. The van der Waals surface area contributed by atoms with Crippen LogP contribution in [-0.4, -0.2) is 115 Å². The molecule has 12 heteroatoms. The minimum atomic E-state index is -0.953. The second-order valence-electron chi connectivity index (χ2n) is 14.8. The molecule has 0 aliphatic carbocycles. The zero-order valence-electron chi connectivity index (χ0n) is 30.4. The van der Waals surface area contributed by atoms with Crippen molar-refractivity contribution in [3.8, 4) is 0 Å².